The third kappa shape index (κ3) is 4.77. The predicted molar refractivity (Wildman–Crippen MR) is 121 cm³/mol. The molecule has 0 aliphatic heterocycles. The standard InChI is InChI=1S/C25H28O3S/c1-27-23-14-10-21(11-15-23)25(29-19-7-6-18-26,20-8-4-3-5-9-20)22-12-16-24(28-2)17-13-22/h3-5,8-17,26H,6-7,18-19H2,1-2H3. The van der Waals surface area contributed by atoms with E-state index in [-0.39, 0.29) is 11.4 Å². The molecule has 0 amide bonds. The molecule has 0 aromatic heterocycles. The number of unbranched alkanes of at least 4 members (excludes halogenated alkanes) is 1. The maximum atomic E-state index is 9.23. The van der Waals surface area contributed by atoms with Crippen LogP contribution in [0.1, 0.15) is 29.5 Å². The highest BCUT2D eigenvalue weighted by Crippen LogP contribution is 2.49. The normalized spacial score (nSPS) is 11.3. The van der Waals surface area contributed by atoms with Crippen LogP contribution in [0.15, 0.2) is 78.9 Å². The van der Waals surface area contributed by atoms with Crippen molar-refractivity contribution in [2.45, 2.75) is 17.6 Å². The lowest BCUT2D eigenvalue weighted by Gasteiger charge is -2.35. The monoisotopic (exact) mass is 408 g/mol. The van der Waals surface area contributed by atoms with E-state index in [1.807, 2.05) is 42.1 Å². The summed E-state index contributed by atoms with van der Waals surface area (Å²) >= 11 is 1.90. The molecule has 0 heterocycles. The third-order valence-electron chi connectivity index (χ3n) is 5.04. The van der Waals surface area contributed by atoms with Crippen molar-refractivity contribution in [1.29, 1.82) is 0 Å². The molecule has 0 radical (unpaired) electrons. The Morgan fingerprint density at radius 1 is 0.690 bits per heavy atom. The van der Waals surface area contributed by atoms with Crippen molar-refractivity contribution < 1.29 is 14.6 Å². The van der Waals surface area contributed by atoms with Crippen molar-refractivity contribution in [2.75, 3.05) is 26.6 Å². The fourth-order valence-corrected chi connectivity index (χ4v) is 5.08. The molecular weight excluding hydrogens is 380 g/mol. The van der Waals surface area contributed by atoms with Crippen LogP contribution >= 0.6 is 11.8 Å². The van der Waals surface area contributed by atoms with Gasteiger partial charge >= 0.3 is 0 Å². The molecule has 4 heteroatoms. The highest BCUT2D eigenvalue weighted by molar-refractivity contribution is 8.00. The molecule has 0 saturated carbocycles. The van der Waals surface area contributed by atoms with Crippen molar-refractivity contribution in [1.82, 2.24) is 0 Å². The fraction of sp³-hybridized carbons (Fsp3) is 0.280. The van der Waals surface area contributed by atoms with Crippen molar-refractivity contribution in [3.8, 4) is 11.5 Å². The van der Waals surface area contributed by atoms with Crippen LogP contribution in [0.25, 0.3) is 0 Å². The molecule has 3 nitrogen and oxygen atoms in total. The second-order valence-electron chi connectivity index (χ2n) is 6.78. The first-order chi connectivity index (χ1) is 14.2. The molecule has 0 bridgehead atoms. The van der Waals surface area contributed by atoms with E-state index in [9.17, 15) is 5.11 Å². The average molecular weight is 409 g/mol. The molecule has 29 heavy (non-hydrogen) atoms. The first-order valence-corrected chi connectivity index (χ1v) is 10.8. The Bertz CT molecular complexity index is 813. The number of aliphatic hydroxyl groups is 1. The fourth-order valence-electron chi connectivity index (χ4n) is 3.51. The minimum atomic E-state index is -0.366. The van der Waals surface area contributed by atoms with Crippen molar-refractivity contribution in [2.24, 2.45) is 0 Å². The molecule has 0 saturated heterocycles. The van der Waals surface area contributed by atoms with E-state index in [4.69, 9.17) is 9.47 Å². The van der Waals surface area contributed by atoms with E-state index in [1.165, 1.54) is 16.7 Å². The van der Waals surface area contributed by atoms with E-state index in [0.717, 1.165) is 30.1 Å². The lowest BCUT2D eigenvalue weighted by molar-refractivity contribution is 0.287. The van der Waals surface area contributed by atoms with Crippen LogP contribution in [0.2, 0.25) is 0 Å². The van der Waals surface area contributed by atoms with Gasteiger partial charge in [0.15, 0.2) is 0 Å². The molecule has 3 rings (SSSR count). The molecule has 0 fully saturated rings. The lowest BCUT2D eigenvalue weighted by atomic mass is 9.84. The van der Waals surface area contributed by atoms with Crippen LogP contribution in [0.4, 0.5) is 0 Å². The summed E-state index contributed by atoms with van der Waals surface area (Å²) in [5.74, 6) is 2.62. The van der Waals surface area contributed by atoms with Gasteiger partial charge in [0.25, 0.3) is 0 Å². The largest absolute Gasteiger partial charge is 0.497 e. The van der Waals surface area contributed by atoms with Gasteiger partial charge in [0.2, 0.25) is 0 Å². The Kier molecular flexibility index (Phi) is 7.62. The van der Waals surface area contributed by atoms with Crippen LogP contribution in [-0.4, -0.2) is 31.7 Å². The molecule has 0 atom stereocenters. The van der Waals surface area contributed by atoms with Crippen LogP contribution in [0.5, 0.6) is 11.5 Å². The minimum absolute atomic E-state index is 0.226. The van der Waals surface area contributed by atoms with E-state index in [0.29, 0.717) is 0 Å². The maximum Gasteiger partial charge on any atom is 0.118 e. The molecule has 0 aliphatic rings. The third-order valence-corrected chi connectivity index (χ3v) is 6.68. The summed E-state index contributed by atoms with van der Waals surface area (Å²) in [5.41, 5.74) is 3.62. The number of thioether (sulfide) groups is 1. The Balaban J connectivity index is 2.15. The Morgan fingerprint density at radius 2 is 1.17 bits per heavy atom. The Morgan fingerprint density at radius 3 is 1.62 bits per heavy atom. The summed E-state index contributed by atoms with van der Waals surface area (Å²) in [5, 5.41) is 9.23. The summed E-state index contributed by atoms with van der Waals surface area (Å²) in [7, 11) is 3.37. The zero-order chi connectivity index (χ0) is 20.5. The van der Waals surface area contributed by atoms with Gasteiger partial charge in [0.1, 0.15) is 11.5 Å². The summed E-state index contributed by atoms with van der Waals surface area (Å²) in [6.45, 7) is 0.226. The second kappa shape index (κ2) is 10.4. The van der Waals surface area contributed by atoms with Gasteiger partial charge in [-0.05, 0) is 59.6 Å². The topological polar surface area (TPSA) is 38.7 Å². The molecule has 0 unspecified atom stereocenters. The number of hydrogen-bond donors (Lipinski definition) is 1. The number of benzene rings is 3. The molecule has 0 spiro atoms. The number of methoxy groups -OCH3 is 2. The minimum Gasteiger partial charge on any atom is -0.497 e. The highest BCUT2D eigenvalue weighted by atomic mass is 32.2. The van der Waals surface area contributed by atoms with Gasteiger partial charge in [-0.3, -0.25) is 0 Å². The zero-order valence-corrected chi connectivity index (χ0v) is 17.8. The first kappa shape index (κ1) is 21.3. The van der Waals surface area contributed by atoms with E-state index in [2.05, 4.69) is 48.5 Å². The first-order valence-electron chi connectivity index (χ1n) is 9.84. The van der Waals surface area contributed by atoms with Crippen molar-refractivity contribution in [3.63, 3.8) is 0 Å². The smallest absolute Gasteiger partial charge is 0.118 e. The number of rotatable bonds is 10. The van der Waals surface area contributed by atoms with Crippen LogP contribution in [-0.2, 0) is 4.75 Å². The molecule has 1 N–H and O–H groups in total. The zero-order valence-electron chi connectivity index (χ0n) is 17.0. The lowest BCUT2D eigenvalue weighted by Crippen LogP contribution is -2.26. The summed E-state index contributed by atoms with van der Waals surface area (Å²) in [6, 6.07) is 27.3. The van der Waals surface area contributed by atoms with Gasteiger partial charge < -0.3 is 14.6 Å². The van der Waals surface area contributed by atoms with Gasteiger partial charge in [-0.25, -0.2) is 0 Å². The average Bonchev–Trinajstić information content (AvgIpc) is 2.80. The summed E-state index contributed by atoms with van der Waals surface area (Å²) in [4.78, 5) is 0. The SMILES string of the molecule is COc1ccc(C(SCCCCO)(c2ccccc2)c2ccc(OC)cc2)cc1. The molecule has 3 aromatic rings. The highest BCUT2D eigenvalue weighted by Gasteiger charge is 2.36. The molecule has 152 valence electrons. The van der Waals surface area contributed by atoms with Gasteiger partial charge in [-0.2, -0.15) is 0 Å². The summed E-state index contributed by atoms with van der Waals surface area (Å²) < 4.78 is 10.4. The van der Waals surface area contributed by atoms with Gasteiger partial charge in [0.05, 0.1) is 19.0 Å². The number of ether oxygens (including phenoxy) is 2. The predicted octanol–water partition coefficient (Wildman–Crippen LogP) is 5.50. The second-order valence-corrected chi connectivity index (χ2v) is 8.09. The molecule has 3 aromatic carbocycles. The van der Waals surface area contributed by atoms with Crippen molar-refractivity contribution >= 4 is 11.8 Å². The summed E-state index contributed by atoms with van der Waals surface area (Å²) in [6.07, 6.45) is 1.77. The molecular formula is C25H28O3S. The Hall–Kier alpha value is -2.43. The van der Waals surface area contributed by atoms with Crippen LogP contribution in [0.3, 0.4) is 0 Å². The van der Waals surface area contributed by atoms with Crippen LogP contribution in [0, 0.1) is 0 Å². The van der Waals surface area contributed by atoms with Crippen molar-refractivity contribution in [3.05, 3.63) is 95.6 Å². The van der Waals surface area contributed by atoms with Gasteiger partial charge in [-0.15, -0.1) is 11.8 Å². The van der Waals surface area contributed by atoms with Crippen LogP contribution < -0.4 is 9.47 Å². The number of hydrogen-bond acceptors (Lipinski definition) is 4. The Labute approximate surface area is 177 Å². The van der Waals surface area contributed by atoms with E-state index < -0.39 is 0 Å². The number of aliphatic hydroxyl groups excluding tert-OH is 1. The quantitative estimate of drug-likeness (QED) is 0.355. The van der Waals surface area contributed by atoms with E-state index >= 15 is 0 Å². The van der Waals surface area contributed by atoms with E-state index in [1.54, 1.807) is 14.2 Å². The van der Waals surface area contributed by atoms with Gasteiger partial charge in [0, 0.05) is 6.61 Å². The van der Waals surface area contributed by atoms with Gasteiger partial charge in [-0.1, -0.05) is 54.6 Å². The maximum absolute atomic E-state index is 9.23. The molecule has 0 aliphatic carbocycles.